The van der Waals surface area contributed by atoms with E-state index in [9.17, 15) is 4.79 Å². The molecule has 1 saturated carbocycles. The highest BCUT2D eigenvalue weighted by molar-refractivity contribution is 5.78. The minimum absolute atomic E-state index is 0.161. The van der Waals surface area contributed by atoms with Gasteiger partial charge < -0.3 is 10.6 Å². The zero-order valence-corrected chi connectivity index (χ0v) is 10.2. The van der Waals surface area contributed by atoms with E-state index in [1.165, 1.54) is 12.8 Å². The lowest BCUT2D eigenvalue weighted by Gasteiger charge is -2.21. The Balaban J connectivity index is 2.20. The van der Waals surface area contributed by atoms with Gasteiger partial charge in [0.2, 0.25) is 5.91 Å². The highest BCUT2D eigenvalue weighted by Gasteiger charge is 2.31. The van der Waals surface area contributed by atoms with Crippen molar-refractivity contribution >= 4 is 5.91 Å². The summed E-state index contributed by atoms with van der Waals surface area (Å²) in [5.74, 6) is 0.469. The van der Waals surface area contributed by atoms with E-state index in [0.29, 0.717) is 11.9 Å². The summed E-state index contributed by atoms with van der Waals surface area (Å²) in [6.07, 6.45) is 5.43. The summed E-state index contributed by atoms with van der Waals surface area (Å²) < 4.78 is 0. The predicted molar refractivity (Wildman–Crippen MR) is 62.5 cm³/mol. The molecule has 0 bridgehead atoms. The third-order valence-corrected chi connectivity index (χ3v) is 3.16. The molecule has 88 valence electrons. The summed E-state index contributed by atoms with van der Waals surface area (Å²) in [6, 6.07) is 0.793. The minimum Gasteiger partial charge on any atom is -0.343 e. The topological polar surface area (TPSA) is 46.3 Å². The lowest BCUT2D eigenvalue weighted by molar-refractivity contribution is -0.134. The Labute approximate surface area is 93.0 Å². The lowest BCUT2D eigenvalue weighted by Crippen LogP contribution is -2.33. The van der Waals surface area contributed by atoms with E-state index in [4.69, 9.17) is 5.73 Å². The number of hydrogen-bond donors (Lipinski definition) is 1. The van der Waals surface area contributed by atoms with Crippen LogP contribution in [0.4, 0.5) is 0 Å². The fourth-order valence-electron chi connectivity index (χ4n) is 1.86. The van der Waals surface area contributed by atoms with Crippen LogP contribution in [0.25, 0.3) is 0 Å². The van der Waals surface area contributed by atoms with Crippen molar-refractivity contribution in [1.82, 2.24) is 4.90 Å². The predicted octanol–water partition coefficient (Wildman–Crippen LogP) is 1.76. The Morgan fingerprint density at radius 2 is 2.00 bits per heavy atom. The van der Waals surface area contributed by atoms with Crippen LogP contribution in [0.3, 0.4) is 0 Å². The van der Waals surface area contributed by atoms with Crippen molar-refractivity contribution in [3.05, 3.63) is 0 Å². The summed E-state index contributed by atoms with van der Waals surface area (Å²) >= 11 is 0. The first-order valence-electron chi connectivity index (χ1n) is 6.04. The molecule has 1 rings (SSSR count). The van der Waals surface area contributed by atoms with E-state index in [0.717, 1.165) is 19.3 Å². The molecule has 1 aliphatic rings. The van der Waals surface area contributed by atoms with Crippen LogP contribution in [-0.2, 0) is 4.79 Å². The van der Waals surface area contributed by atoms with Gasteiger partial charge in [-0.1, -0.05) is 13.3 Å². The first kappa shape index (κ1) is 12.5. The number of hydrogen-bond acceptors (Lipinski definition) is 2. The zero-order chi connectivity index (χ0) is 11.4. The summed E-state index contributed by atoms with van der Waals surface area (Å²) in [6.45, 7) is 4.05. The molecule has 0 radical (unpaired) electrons. The smallest absolute Gasteiger partial charge is 0.225 e. The molecule has 2 unspecified atom stereocenters. The molecular weight excluding hydrogens is 188 g/mol. The van der Waals surface area contributed by atoms with Gasteiger partial charge in [0.05, 0.1) is 0 Å². The summed E-state index contributed by atoms with van der Waals surface area (Å²) in [5, 5.41) is 0. The Morgan fingerprint density at radius 3 is 2.47 bits per heavy atom. The summed E-state index contributed by atoms with van der Waals surface area (Å²) in [7, 11) is 1.93. The average Bonchev–Trinajstić information content (AvgIpc) is 2.98. The van der Waals surface area contributed by atoms with Crippen molar-refractivity contribution in [3.63, 3.8) is 0 Å². The molecule has 1 amide bonds. The molecule has 3 nitrogen and oxygen atoms in total. The van der Waals surface area contributed by atoms with Crippen LogP contribution in [0, 0.1) is 5.92 Å². The maximum atomic E-state index is 11.9. The van der Waals surface area contributed by atoms with Gasteiger partial charge in [0.1, 0.15) is 0 Å². The number of nitrogens with two attached hydrogens (primary N) is 1. The molecule has 2 atom stereocenters. The number of nitrogens with zero attached hydrogens (tertiary/aromatic N) is 1. The summed E-state index contributed by atoms with van der Waals surface area (Å²) in [5.41, 5.74) is 5.68. The normalized spacial score (nSPS) is 19.7. The highest BCUT2D eigenvalue weighted by Crippen LogP contribution is 2.27. The molecule has 0 aromatic carbocycles. The number of rotatable bonds is 6. The van der Waals surface area contributed by atoms with Gasteiger partial charge in [-0.15, -0.1) is 0 Å². The molecule has 2 N–H and O–H groups in total. The van der Waals surface area contributed by atoms with Crippen LogP contribution in [0.1, 0.15) is 46.0 Å². The van der Waals surface area contributed by atoms with Gasteiger partial charge in [0.25, 0.3) is 0 Å². The van der Waals surface area contributed by atoms with Gasteiger partial charge >= 0.3 is 0 Å². The monoisotopic (exact) mass is 212 g/mol. The van der Waals surface area contributed by atoms with Gasteiger partial charge in [0.15, 0.2) is 0 Å². The SMILES string of the molecule is CC(N)CCCC(C)C(=O)N(C)C1CC1. The van der Waals surface area contributed by atoms with Crippen LogP contribution >= 0.6 is 0 Å². The van der Waals surface area contributed by atoms with Gasteiger partial charge in [-0.3, -0.25) is 4.79 Å². The van der Waals surface area contributed by atoms with Crippen molar-refractivity contribution in [2.75, 3.05) is 7.05 Å². The first-order chi connectivity index (χ1) is 7.02. The van der Waals surface area contributed by atoms with Gasteiger partial charge in [-0.05, 0) is 32.6 Å². The third kappa shape index (κ3) is 4.20. The molecule has 1 fully saturated rings. The Morgan fingerprint density at radius 1 is 1.40 bits per heavy atom. The highest BCUT2D eigenvalue weighted by atomic mass is 16.2. The number of carbonyl (C=O) groups excluding carboxylic acids is 1. The Bertz CT molecular complexity index is 212. The van der Waals surface area contributed by atoms with Gasteiger partial charge in [-0.25, -0.2) is 0 Å². The van der Waals surface area contributed by atoms with E-state index in [-0.39, 0.29) is 12.0 Å². The molecule has 3 heteroatoms. The molecule has 0 saturated heterocycles. The first-order valence-corrected chi connectivity index (χ1v) is 6.04. The minimum atomic E-state index is 0.161. The molecule has 15 heavy (non-hydrogen) atoms. The Hall–Kier alpha value is -0.570. The molecular formula is C12H24N2O. The number of amides is 1. The van der Waals surface area contributed by atoms with Crippen LogP contribution in [0.5, 0.6) is 0 Å². The van der Waals surface area contributed by atoms with E-state index in [2.05, 4.69) is 0 Å². The largest absolute Gasteiger partial charge is 0.343 e. The fraction of sp³-hybridized carbons (Fsp3) is 0.917. The average molecular weight is 212 g/mol. The second-order valence-corrected chi connectivity index (χ2v) is 4.99. The van der Waals surface area contributed by atoms with E-state index in [1.807, 2.05) is 25.8 Å². The molecule has 1 aliphatic carbocycles. The molecule has 0 aliphatic heterocycles. The second kappa shape index (κ2) is 5.50. The maximum Gasteiger partial charge on any atom is 0.225 e. The summed E-state index contributed by atoms with van der Waals surface area (Å²) in [4.78, 5) is 13.8. The maximum absolute atomic E-state index is 11.9. The molecule has 0 heterocycles. The van der Waals surface area contributed by atoms with Crippen molar-refractivity contribution in [2.45, 2.75) is 58.0 Å². The van der Waals surface area contributed by atoms with Crippen molar-refractivity contribution in [2.24, 2.45) is 11.7 Å². The third-order valence-electron chi connectivity index (χ3n) is 3.16. The standard InChI is InChI=1S/C12H24N2O/c1-9(5-4-6-10(2)13)12(15)14(3)11-7-8-11/h9-11H,4-8,13H2,1-3H3. The zero-order valence-electron chi connectivity index (χ0n) is 10.2. The van der Waals surface area contributed by atoms with E-state index < -0.39 is 0 Å². The van der Waals surface area contributed by atoms with Crippen LogP contribution in [0.15, 0.2) is 0 Å². The van der Waals surface area contributed by atoms with Crippen molar-refractivity contribution in [1.29, 1.82) is 0 Å². The van der Waals surface area contributed by atoms with Crippen LogP contribution in [0.2, 0.25) is 0 Å². The second-order valence-electron chi connectivity index (χ2n) is 4.99. The molecule has 0 spiro atoms. The quantitative estimate of drug-likeness (QED) is 0.729. The van der Waals surface area contributed by atoms with Crippen molar-refractivity contribution < 1.29 is 4.79 Å². The lowest BCUT2D eigenvalue weighted by atomic mass is 10.0. The van der Waals surface area contributed by atoms with Gasteiger partial charge in [-0.2, -0.15) is 0 Å². The van der Waals surface area contributed by atoms with Crippen LogP contribution < -0.4 is 5.73 Å². The Kier molecular flexibility index (Phi) is 4.58. The number of carbonyl (C=O) groups is 1. The van der Waals surface area contributed by atoms with Crippen molar-refractivity contribution in [3.8, 4) is 0 Å². The fourth-order valence-corrected chi connectivity index (χ4v) is 1.86. The van der Waals surface area contributed by atoms with Gasteiger partial charge in [0, 0.05) is 25.0 Å². The molecule has 0 aromatic heterocycles. The molecule has 0 aromatic rings. The van der Waals surface area contributed by atoms with Crippen LogP contribution in [-0.4, -0.2) is 29.9 Å². The van der Waals surface area contributed by atoms with E-state index >= 15 is 0 Å². The van der Waals surface area contributed by atoms with E-state index in [1.54, 1.807) is 0 Å².